The minimum atomic E-state index is 0.592. The van der Waals surface area contributed by atoms with Gasteiger partial charge in [0.05, 0.1) is 0 Å². The molecular formula is C15H23BrN2. The van der Waals surface area contributed by atoms with Crippen molar-refractivity contribution in [2.45, 2.75) is 46.1 Å². The third-order valence-corrected chi connectivity index (χ3v) is 5.10. The summed E-state index contributed by atoms with van der Waals surface area (Å²) in [5.41, 5.74) is 9.07. The van der Waals surface area contributed by atoms with Crippen molar-refractivity contribution in [1.82, 2.24) is 0 Å². The number of anilines is 2. The molecule has 1 aliphatic carbocycles. The molecule has 0 aromatic heterocycles. The van der Waals surface area contributed by atoms with Crippen LogP contribution >= 0.6 is 15.9 Å². The fraction of sp³-hybridized carbons (Fsp3) is 0.600. The van der Waals surface area contributed by atoms with Gasteiger partial charge in [-0.15, -0.1) is 0 Å². The Morgan fingerprint density at radius 1 is 1.39 bits per heavy atom. The largest absolute Gasteiger partial charge is 0.398 e. The van der Waals surface area contributed by atoms with Gasteiger partial charge in [0.15, 0.2) is 0 Å². The van der Waals surface area contributed by atoms with Crippen LogP contribution in [0.5, 0.6) is 0 Å². The fourth-order valence-corrected chi connectivity index (χ4v) is 3.51. The molecule has 100 valence electrons. The van der Waals surface area contributed by atoms with E-state index in [0.29, 0.717) is 6.04 Å². The third-order valence-electron chi connectivity index (χ3n) is 4.45. The SMILES string of the molecule is CCC1CCC(Nc2cc(C)c(N)cc2Br)C1C. The molecule has 3 unspecified atom stereocenters. The summed E-state index contributed by atoms with van der Waals surface area (Å²) < 4.78 is 1.07. The number of nitrogens with two attached hydrogens (primary N) is 1. The van der Waals surface area contributed by atoms with Crippen molar-refractivity contribution in [2.24, 2.45) is 11.8 Å². The first-order valence-electron chi connectivity index (χ1n) is 6.85. The van der Waals surface area contributed by atoms with Crippen LogP contribution in [0.1, 0.15) is 38.7 Å². The molecule has 3 N–H and O–H groups in total. The first kappa shape index (κ1) is 13.7. The number of aryl methyl sites for hydroxylation is 1. The smallest absolute Gasteiger partial charge is 0.0491 e. The van der Waals surface area contributed by atoms with Gasteiger partial charge in [-0.1, -0.05) is 20.3 Å². The van der Waals surface area contributed by atoms with E-state index in [-0.39, 0.29) is 0 Å². The van der Waals surface area contributed by atoms with Gasteiger partial charge in [0.2, 0.25) is 0 Å². The molecule has 0 radical (unpaired) electrons. The first-order valence-corrected chi connectivity index (χ1v) is 7.64. The van der Waals surface area contributed by atoms with Crippen LogP contribution in [0.15, 0.2) is 16.6 Å². The number of nitrogens with one attached hydrogen (secondary N) is 1. The molecule has 2 nitrogen and oxygen atoms in total. The summed E-state index contributed by atoms with van der Waals surface area (Å²) >= 11 is 3.60. The van der Waals surface area contributed by atoms with Crippen LogP contribution < -0.4 is 11.1 Å². The lowest BCUT2D eigenvalue weighted by atomic mass is 9.93. The maximum Gasteiger partial charge on any atom is 0.0491 e. The number of hydrogen-bond acceptors (Lipinski definition) is 2. The highest BCUT2D eigenvalue weighted by Gasteiger charge is 2.31. The molecule has 1 fully saturated rings. The number of nitrogen functional groups attached to an aromatic ring is 1. The normalized spacial score (nSPS) is 27.4. The van der Waals surface area contributed by atoms with Gasteiger partial charge in [-0.05, 0) is 65.2 Å². The molecule has 3 heteroatoms. The Kier molecular flexibility index (Phi) is 4.21. The molecule has 1 aromatic rings. The summed E-state index contributed by atoms with van der Waals surface area (Å²) in [5.74, 6) is 1.62. The van der Waals surface area contributed by atoms with Crippen molar-refractivity contribution < 1.29 is 0 Å². The van der Waals surface area contributed by atoms with Gasteiger partial charge < -0.3 is 11.1 Å². The van der Waals surface area contributed by atoms with E-state index in [9.17, 15) is 0 Å². The number of rotatable bonds is 3. The fourth-order valence-electron chi connectivity index (χ4n) is 3.03. The predicted molar refractivity (Wildman–Crippen MR) is 82.9 cm³/mol. The van der Waals surface area contributed by atoms with Crippen LogP contribution in [0.2, 0.25) is 0 Å². The summed E-state index contributed by atoms with van der Waals surface area (Å²) in [7, 11) is 0. The zero-order valence-corrected chi connectivity index (χ0v) is 13.0. The summed E-state index contributed by atoms with van der Waals surface area (Å²) in [5, 5.41) is 3.69. The number of halogens is 1. The standard InChI is InChI=1S/C15H23BrN2/c1-4-11-5-6-14(10(11)3)18-15-7-9(2)13(17)8-12(15)16/h7-8,10-11,14,18H,4-6,17H2,1-3H3. The summed E-state index contributed by atoms with van der Waals surface area (Å²) in [4.78, 5) is 0. The maximum absolute atomic E-state index is 5.91. The van der Waals surface area contributed by atoms with E-state index in [4.69, 9.17) is 5.73 Å². The highest BCUT2D eigenvalue weighted by Crippen LogP contribution is 2.37. The Hall–Kier alpha value is -0.700. The average molecular weight is 311 g/mol. The molecule has 1 aromatic carbocycles. The van der Waals surface area contributed by atoms with E-state index in [1.54, 1.807) is 0 Å². The highest BCUT2D eigenvalue weighted by molar-refractivity contribution is 9.10. The van der Waals surface area contributed by atoms with E-state index in [1.807, 2.05) is 6.07 Å². The molecule has 0 saturated heterocycles. The number of benzene rings is 1. The van der Waals surface area contributed by atoms with E-state index in [2.05, 4.69) is 48.1 Å². The lowest BCUT2D eigenvalue weighted by Crippen LogP contribution is -2.24. The van der Waals surface area contributed by atoms with Gasteiger partial charge in [-0.25, -0.2) is 0 Å². The van der Waals surface area contributed by atoms with Crippen LogP contribution in [0.25, 0.3) is 0 Å². The molecule has 3 atom stereocenters. The van der Waals surface area contributed by atoms with E-state index < -0.39 is 0 Å². The van der Waals surface area contributed by atoms with Gasteiger partial charge in [0.25, 0.3) is 0 Å². The van der Waals surface area contributed by atoms with Crippen molar-refractivity contribution in [2.75, 3.05) is 11.1 Å². The van der Waals surface area contributed by atoms with Crippen molar-refractivity contribution in [1.29, 1.82) is 0 Å². The second-order valence-corrected chi connectivity index (χ2v) is 6.40. The molecular weight excluding hydrogens is 288 g/mol. The molecule has 18 heavy (non-hydrogen) atoms. The maximum atomic E-state index is 5.91. The molecule has 1 saturated carbocycles. The van der Waals surface area contributed by atoms with E-state index >= 15 is 0 Å². The van der Waals surface area contributed by atoms with Gasteiger partial charge >= 0.3 is 0 Å². The Bertz CT molecular complexity index is 431. The lowest BCUT2D eigenvalue weighted by molar-refractivity contribution is 0.392. The van der Waals surface area contributed by atoms with Gasteiger partial charge in [0, 0.05) is 21.9 Å². The Balaban J connectivity index is 2.13. The zero-order chi connectivity index (χ0) is 13.3. The Morgan fingerprint density at radius 3 is 2.72 bits per heavy atom. The molecule has 0 amide bonds. The summed E-state index contributed by atoms with van der Waals surface area (Å²) in [6, 6.07) is 4.73. The molecule has 0 heterocycles. The lowest BCUT2D eigenvalue weighted by Gasteiger charge is -2.23. The second kappa shape index (κ2) is 5.52. The minimum Gasteiger partial charge on any atom is -0.398 e. The van der Waals surface area contributed by atoms with Crippen molar-refractivity contribution in [3.05, 3.63) is 22.2 Å². The van der Waals surface area contributed by atoms with Gasteiger partial charge in [-0.3, -0.25) is 0 Å². The number of hydrogen-bond donors (Lipinski definition) is 2. The summed E-state index contributed by atoms with van der Waals surface area (Å²) in [6.07, 6.45) is 3.91. The molecule has 0 spiro atoms. The van der Waals surface area contributed by atoms with E-state index in [1.165, 1.54) is 24.9 Å². The van der Waals surface area contributed by atoms with Crippen molar-refractivity contribution in [3.8, 4) is 0 Å². The van der Waals surface area contributed by atoms with Crippen molar-refractivity contribution in [3.63, 3.8) is 0 Å². The topological polar surface area (TPSA) is 38.0 Å². The Labute approximate surface area is 118 Å². The molecule has 2 rings (SSSR count). The Morgan fingerprint density at radius 2 is 2.11 bits per heavy atom. The second-order valence-electron chi connectivity index (χ2n) is 5.54. The minimum absolute atomic E-state index is 0.592. The van der Waals surface area contributed by atoms with Crippen molar-refractivity contribution >= 4 is 27.3 Å². The van der Waals surface area contributed by atoms with E-state index in [0.717, 1.165) is 27.6 Å². The molecule has 1 aliphatic rings. The van der Waals surface area contributed by atoms with Gasteiger partial charge in [0.1, 0.15) is 0 Å². The predicted octanol–water partition coefficient (Wildman–Crippen LogP) is 4.58. The van der Waals surface area contributed by atoms with Crippen LogP contribution in [-0.2, 0) is 0 Å². The van der Waals surface area contributed by atoms with Crippen LogP contribution in [-0.4, -0.2) is 6.04 Å². The first-order chi connectivity index (χ1) is 8.52. The van der Waals surface area contributed by atoms with Crippen LogP contribution in [0.4, 0.5) is 11.4 Å². The average Bonchev–Trinajstić information content (AvgIpc) is 2.67. The monoisotopic (exact) mass is 310 g/mol. The van der Waals surface area contributed by atoms with Crippen LogP contribution in [0, 0.1) is 18.8 Å². The summed E-state index contributed by atoms with van der Waals surface area (Å²) in [6.45, 7) is 6.73. The molecule has 0 aliphatic heterocycles. The third kappa shape index (κ3) is 2.66. The molecule has 0 bridgehead atoms. The van der Waals surface area contributed by atoms with Crippen LogP contribution in [0.3, 0.4) is 0 Å². The van der Waals surface area contributed by atoms with Gasteiger partial charge in [-0.2, -0.15) is 0 Å². The quantitative estimate of drug-likeness (QED) is 0.802. The zero-order valence-electron chi connectivity index (χ0n) is 11.5. The highest BCUT2D eigenvalue weighted by atomic mass is 79.9.